The quantitative estimate of drug-likeness (QED) is 0.167. The molecule has 4 atom stereocenters. The molecular weight excluding hydrogens is 576 g/mol. The highest BCUT2D eigenvalue weighted by Gasteiger charge is 2.51. The molecule has 1 aromatic heterocycles. The van der Waals surface area contributed by atoms with Gasteiger partial charge in [-0.25, -0.2) is 4.79 Å². The molecule has 0 aliphatic carbocycles. The Bertz CT molecular complexity index is 1300. The number of nitrogens with one attached hydrogen (secondary N) is 1. The highest BCUT2D eigenvalue weighted by Crippen LogP contribution is 2.42. The first-order valence-electron chi connectivity index (χ1n) is 16.2. The summed E-state index contributed by atoms with van der Waals surface area (Å²) in [5.41, 5.74) is 0.0664. The maximum absolute atomic E-state index is 13.2. The number of carbonyl (C=O) groups excluding carboxylic acids is 2. The van der Waals surface area contributed by atoms with Gasteiger partial charge in [-0.3, -0.25) is 19.2 Å². The van der Waals surface area contributed by atoms with Gasteiger partial charge in [0.15, 0.2) is 0 Å². The molecule has 0 spiro atoms. The van der Waals surface area contributed by atoms with E-state index in [2.05, 4.69) is 17.3 Å². The van der Waals surface area contributed by atoms with Crippen molar-refractivity contribution in [2.24, 2.45) is 17.3 Å². The number of amides is 2. The van der Waals surface area contributed by atoms with E-state index in [0.29, 0.717) is 19.6 Å². The molecule has 11 nitrogen and oxygen atoms in total. The van der Waals surface area contributed by atoms with Crippen molar-refractivity contribution in [1.29, 1.82) is 0 Å². The summed E-state index contributed by atoms with van der Waals surface area (Å²) < 4.78 is 19.5. The Morgan fingerprint density at radius 3 is 2.51 bits per heavy atom. The number of methoxy groups -OCH3 is 1. The van der Waals surface area contributed by atoms with Gasteiger partial charge in [-0.2, -0.15) is 5.10 Å². The highest BCUT2D eigenvalue weighted by molar-refractivity contribution is 5.82. The third kappa shape index (κ3) is 8.97. The first kappa shape index (κ1) is 36.3. The first-order valence-corrected chi connectivity index (χ1v) is 16.2. The van der Waals surface area contributed by atoms with Crippen molar-refractivity contribution in [3.05, 3.63) is 30.0 Å². The van der Waals surface area contributed by atoms with Crippen molar-refractivity contribution in [2.75, 3.05) is 20.3 Å². The van der Waals surface area contributed by atoms with Crippen molar-refractivity contribution >= 4 is 28.9 Å². The number of carbonyl (C=O) groups is 3. The largest absolute Gasteiger partial charge is 0.465 e. The molecule has 3 unspecified atom stereocenters. The molecule has 2 N–H and O–H groups in total. The van der Waals surface area contributed by atoms with Crippen LogP contribution in [0.3, 0.4) is 0 Å². The Morgan fingerprint density at radius 1 is 1.20 bits per heavy atom. The summed E-state index contributed by atoms with van der Waals surface area (Å²) >= 11 is 0. The number of aromatic nitrogens is 2. The molecule has 0 saturated carbocycles. The average Bonchev–Trinajstić information content (AvgIpc) is 3.48. The van der Waals surface area contributed by atoms with Crippen molar-refractivity contribution in [1.82, 2.24) is 20.0 Å². The van der Waals surface area contributed by atoms with Crippen LogP contribution in [-0.2, 0) is 30.3 Å². The van der Waals surface area contributed by atoms with Gasteiger partial charge in [-0.1, -0.05) is 59.6 Å². The van der Waals surface area contributed by atoms with E-state index < -0.39 is 41.5 Å². The number of carboxylic acid groups (broad SMARTS) is 1. The van der Waals surface area contributed by atoms with Gasteiger partial charge < -0.3 is 24.6 Å². The molecule has 45 heavy (non-hydrogen) atoms. The van der Waals surface area contributed by atoms with Gasteiger partial charge in [-0.15, -0.1) is 0 Å². The summed E-state index contributed by atoms with van der Waals surface area (Å²) in [4.78, 5) is 39.7. The smallest absolute Gasteiger partial charge is 0.409 e. The predicted octanol–water partition coefficient (Wildman–Crippen LogP) is 6.16. The number of esters is 1. The molecule has 1 saturated heterocycles. The maximum atomic E-state index is 13.2. The van der Waals surface area contributed by atoms with Crippen LogP contribution in [-0.4, -0.2) is 75.9 Å². The van der Waals surface area contributed by atoms with Crippen molar-refractivity contribution in [3.63, 3.8) is 0 Å². The molecule has 0 bridgehead atoms. The van der Waals surface area contributed by atoms with Crippen molar-refractivity contribution < 1.29 is 33.7 Å². The molecule has 2 heterocycles. The van der Waals surface area contributed by atoms with Crippen LogP contribution in [0.25, 0.3) is 10.9 Å². The van der Waals surface area contributed by atoms with Crippen LogP contribution in [0.4, 0.5) is 4.79 Å². The zero-order valence-electron chi connectivity index (χ0n) is 28.6. The lowest BCUT2D eigenvalue weighted by atomic mass is 9.80. The minimum absolute atomic E-state index is 0.0132. The second kappa shape index (κ2) is 15.4. The van der Waals surface area contributed by atoms with Crippen molar-refractivity contribution in [3.8, 4) is 0 Å². The first-order chi connectivity index (χ1) is 21.1. The SMILES string of the molecule is CCCCC(C)(C)C(=O)NCC1OC(C)(C)N(C(=O)O)C1C[C@@H](C(C)C)C(OC(C)=O)c1ccc2cnn(CCCOC)c2c1. The van der Waals surface area contributed by atoms with Gasteiger partial charge in [0.2, 0.25) is 5.91 Å². The molecule has 2 amide bonds. The number of aryl methyl sites for hydroxylation is 1. The Morgan fingerprint density at radius 2 is 1.91 bits per heavy atom. The van der Waals surface area contributed by atoms with E-state index in [1.54, 1.807) is 21.0 Å². The van der Waals surface area contributed by atoms with Gasteiger partial charge in [0, 0.05) is 50.4 Å². The second-order valence-corrected chi connectivity index (χ2v) is 13.7. The minimum Gasteiger partial charge on any atom is -0.465 e. The third-order valence-electron chi connectivity index (χ3n) is 8.99. The molecule has 1 aromatic carbocycles. The number of unbranched alkanes of at least 4 members (excludes halogenated alkanes) is 1. The summed E-state index contributed by atoms with van der Waals surface area (Å²) in [6.45, 7) is 16.4. The third-order valence-corrected chi connectivity index (χ3v) is 8.99. The van der Waals surface area contributed by atoms with E-state index in [4.69, 9.17) is 14.2 Å². The van der Waals surface area contributed by atoms with E-state index in [0.717, 1.165) is 42.1 Å². The molecule has 3 rings (SSSR count). The molecule has 11 heteroatoms. The topological polar surface area (TPSA) is 132 Å². The number of fused-ring (bicyclic) bond motifs is 1. The van der Waals surface area contributed by atoms with E-state index in [9.17, 15) is 19.5 Å². The van der Waals surface area contributed by atoms with Gasteiger partial charge in [0.05, 0.1) is 23.9 Å². The fraction of sp³-hybridized carbons (Fsp3) is 0.706. The lowest BCUT2D eigenvalue weighted by molar-refractivity contribution is -0.151. The summed E-state index contributed by atoms with van der Waals surface area (Å²) in [5, 5.41) is 18.9. The molecule has 2 aromatic rings. The lowest BCUT2D eigenvalue weighted by Crippen LogP contribution is -2.50. The van der Waals surface area contributed by atoms with E-state index in [1.807, 2.05) is 56.8 Å². The molecule has 252 valence electrons. The number of rotatable bonds is 16. The molecular formula is C34H54N4O7. The van der Waals surface area contributed by atoms with Gasteiger partial charge in [0.25, 0.3) is 0 Å². The molecule has 1 aliphatic heterocycles. The summed E-state index contributed by atoms with van der Waals surface area (Å²) in [6.07, 6.45) is 3.33. The van der Waals surface area contributed by atoms with E-state index >= 15 is 0 Å². The van der Waals surface area contributed by atoms with Crippen LogP contribution >= 0.6 is 0 Å². The van der Waals surface area contributed by atoms with Crippen LogP contribution < -0.4 is 5.32 Å². The lowest BCUT2D eigenvalue weighted by Gasteiger charge is -2.36. The Hall–Kier alpha value is -3.18. The van der Waals surface area contributed by atoms with Crippen molar-refractivity contribution in [2.45, 2.75) is 118 Å². The van der Waals surface area contributed by atoms with E-state index in [-0.39, 0.29) is 24.3 Å². The number of benzene rings is 1. The Balaban J connectivity index is 1.97. The standard InChI is InChI=1S/C34H54N4O7/c1-10-11-15-33(5,6)31(40)35-21-29-28(38(32(41)42)34(7,8)45-29)19-26(22(2)3)30(44-23(4)39)24-13-14-25-20-36-37(27(25)18-24)16-12-17-43-9/h13-14,18,20,22,26,28-30H,10-12,15-17,19,21H2,1-9H3,(H,35,40)(H,41,42)/t26-,28?,29?,30?/m0/s1. The van der Waals surface area contributed by atoms with Crippen LogP contribution in [0.5, 0.6) is 0 Å². The van der Waals surface area contributed by atoms with Gasteiger partial charge in [0.1, 0.15) is 11.8 Å². The molecule has 1 aliphatic rings. The van der Waals surface area contributed by atoms with Gasteiger partial charge in [-0.05, 0) is 50.7 Å². The monoisotopic (exact) mass is 630 g/mol. The fourth-order valence-electron chi connectivity index (χ4n) is 6.45. The number of hydrogen-bond donors (Lipinski definition) is 2. The zero-order valence-corrected chi connectivity index (χ0v) is 28.6. The Kier molecular flexibility index (Phi) is 12.4. The van der Waals surface area contributed by atoms with Gasteiger partial charge >= 0.3 is 12.1 Å². The minimum atomic E-state index is -1.12. The fourth-order valence-corrected chi connectivity index (χ4v) is 6.45. The summed E-state index contributed by atoms with van der Waals surface area (Å²) in [7, 11) is 1.67. The molecule has 0 radical (unpaired) electrons. The second-order valence-electron chi connectivity index (χ2n) is 13.7. The van der Waals surface area contributed by atoms with Crippen LogP contribution in [0.2, 0.25) is 0 Å². The van der Waals surface area contributed by atoms with Crippen LogP contribution in [0, 0.1) is 17.3 Å². The highest BCUT2D eigenvalue weighted by atomic mass is 16.6. The van der Waals surface area contributed by atoms with Crippen LogP contribution in [0.1, 0.15) is 99.2 Å². The zero-order chi connectivity index (χ0) is 33.5. The number of ether oxygens (including phenoxy) is 3. The Labute approximate surface area is 267 Å². The average molecular weight is 631 g/mol. The summed E-state index contributed by atoms with van der Waals surface area (Å²) in [5.74, 6) is -0.756. The predicted molar refractivity (Wildman–Crippen MR) is 173 cm³/mol. The molecule has 1 fully saturated rings. The summed E-state index contributed by atoms with van der Waals surface area (Å²) in [6, 6.07) is 5.35. The normalized spacial score (nSPS) is 19.6. The number of hydrogen-bond acceptors (Lipinski definition) is 7. The number of nitrogens with zero attached hydrogens (tertiary/aromatic N) is 3. The maximum Gasteiger partial charge on any atom is 0.409 e. The van der Waals surface area contributed by atoms with E-state index in [1.165, 1.54) is 11.8 Å². The van der Waals surface area contributed by atoms with Crippen LogP contribution in [0.15, 0.2) is 24.4 Å².